The van der Waals surface area contributed by atoms with E-state index in [1.165, 1.54) is 49.6 Å². The summed E-state index contributed by atoms with van der Waals surface area (Å²) in [6.07, 6.45) is -21.4. The van der Waals surface area contributed by atoms with Gasteiger partial charge in [-0.05, 0) is 63.6 Å². The second kappa shape index (κ2) is 27.7. The van der Waals surface area contributed by atoms with Gasteiger partial charge in [0.25, 0.3) is 5.90 Å². The largest absolute Gasteiger partial charge is 0.497 e. The molecule has 77 heavy (non-hydrogen) atoms. The summed E-state index contributed by atoms with van der Waals surface area (Å²) in [5, 5.41) is 7.48. The number of azide groups is 2. The summed E-state index contributed by atoms with van der Waals surface area (Å²) in [5.41, 5.74) is 21.1. The lowest BCUT2D eigenvalue weighted by atomic mass is 9.95. The molecule has 0 unspecified atom stereocenters. The Morgan fingerprint density at radius 2 is 1.26 bits per heavy atom. The molecule has 0 saturated carbocycles. The van der Waals surface area contributed by atoms with Crippen molar-refractivity contribution in [3.8, 4) is 5.75 Å². The number of alkyl halides is 3. The van der Waals surface area contributed by atoms with E-state index < -0.39 is 97.9 Å². The summed E-state index contributed by atoms with van der Waals surface area (Å²) in [6, 6.07) is 35.3. The van der Waals surface area contributed by atoms with Crippen LogP contribution in [0.5, 0.6) is 5.75 Å². The molecule has 2 aliphatic heterocycles. The molecule has 0 aliphatic carbocycles. The van der Waals surface area contributed by atoms with Gasteiger partial charge in [-0.15, -0.1) is 0 Å². The Bertz CT molecular complexity index is 2860. The third kappa shape index (κ3) is 15.5. The smallest absolute Gasteiger partial charge is 0.468 e. The highest BCUT2D eigenvalue weighted by atomic mass is 19.4. The third-order valence-corrected chi connectivity index (χ3v) is 11.8. The third-order valence-electron chi connectivity index (χ3n) is 11.8. The van der Waals surface area contributed by atoms with Gasteiger partial charge in [0.1, 0.15) is 36.2 Å². The minimum absolute atomic E-state index is 0.0875. The van der Waals surface area contributed by atoms with Gasteiger partial charge < -0.3 is 52.1 Å². The highest BCUT2D eigenvalue weighted by Crippen LogP contribution is 2.38. The Balaban J connectivity index is 1.38. The van der Waals surface area contributed by atoms with Crippen LogP contribution in [0.4, 0.5) is 18.9 Å². The molecule has 5 aromatic carbocycles. The second-order valence-electron chi connectivity index (χ2n) is 17.0. The molecule has 404 valence electrons. The van der Waals surface area contributed by atoms with Gasteiger partial charge in [-0.25, -0.2) is 14.6 Å². The zero-order chi connectivity index (χ0) is 54.7. The number of halogens is 3. The van der Waals surface area contributed by atoms with Crippen molar-refractivity contribution >= 4 is 29.5 Å². The number of hydrogen-bond donors (Lipinski definition) is 0. The van der Waals surface area contributed by atoms with E-state index in [4.69, 9.17) is 57.6 Å². The highest BCUT2D eigenvalue weighted by Gasteiger charge is 2.58. The van der Waals surface area contributed by atoms with Crippen LogP contribution in [0, 0.1) is 0 Å². The summed E-state index contributed by atoms with van der Waals surface area (Å²) in [5.74, 6) is -4.29. The Labute approximate surface area is 438 Å². The van der Waals surface area contributed by atoms with E-state index >= 15 is 13.2 Å². The van der Waals surface area contributed by atoms with Crippen LogP contribution in [0.2, 0.25) is 0 Å². The molecule has 0 aromatic heterocycles. The topological polar surface area (TPSA) is 263 Å². The van der Waals surface area contributed by atoms with Crippen molar-refractivity contribution in [3.63, 3.8) is 0 Å². The maximum Gasteiger partial charge on any atom is 0.468 e. The first-order valence-corrected chi connectivity index (χ1v) is 23.7. The average molecular weight is 1070 g/mol. The Morgan fingerprint density at radius 3 is 1.86 bits per heavy atom. The monoisotopic (exact) mass is 1070 g/mol. The van der Waals surface area contributed by atoms with Crippen LogP contribution >= 0.6 is 0 Å². The van der Waals surface area contributed by atoms with E-state index in [1.54, 1.807) is 97.1 Å². The number of nitrogens with zero attached hydrogens (tertiary/aromatic N) is 7. The molecule has 0 bridgehead atoms. The van der Waals surface area contributed by atoms with Crippen molar-refractivity contribution in [2.24, 2.45) is 15.2 Å². The quantitative estimate of drug-likeness (QED) is 0.0119. The van der Waals surface area contributed by atoms with Crippen molar-refractivity contribution in [2.75, 3.05) is 20.8 Å². The van der Waals surface area contributed by atoms with E-state index in [0.717, 1.165) is 14.0 Å². The first-order chi connectivity index (χ1) is 37.3. The Morgan fingerprint density at radius 1 is 0.649 bits per heavy atom. The fraction of sp³-hybridized carbons (Fsp3) is 0.358. The lowest BCUT2D eigenvalue weighted by Gasteiger charge is -2.48. The van der Waals surface area contributed by atoms with Gasteiger partial charge in [-0.2, -0.15) is 13.2 Å². The number of hydrogen-bond acceptors (Lipinski definition) is 17. The number of esters is 3. The van der Waals surface area contributed by atoms with Crippen LogP contribution < -0.4 is 4.74 Å². The molecule has 0 radical (unpaired) electrons. The maximum atomic E-state index is 15.0. The first kappa shape index (κ1) is 56.7. The molecule has 7 rings (SSSR count). The molecule has 24 heteroatoms. The standard InChI is InChI=1S/C53H52F3N7O14/c1-32(64)72-45-44(71-30-34-17-9-5-10-18-34)47(74-48(65)39-22-14-13-19-36(39)27-59-62-57)51(76-46(45)49(66)68-3)75-42-40(31-69-28-35-23-25-38(67-2)26-24-35)73-50(77-52(53(54,55)56)60-37-20-11-6-12-21-37)41(61-63-58)43(42)70-29-33-15-7-4-8-16-33/h4-26,40-47,50-51H,27-31H2,1-3H3/t40-,41-,42-,43-,44+,45+,46+,47-,50-,51-/m1/s1. The van der Waals surface area contributed by atoms with Gasteiger partial charge in [0, 0.05) is 16.7 Å². The van der Waals surface area contributed by atoms with Gasteiger partial charge >= 0.3 is 24.1 Å². The van der Waals surface area contributed by atoms with E-state index in [-0.39, 0.29) is 43.2 Å². The van der Waals surface area contributed by atoms with E-state index in [9.17, 15) is 19.9 Å². The van der Waals surface area contributed by atoms with Gasteiger partial charge in [-0.1, -0.05) is 119 Å². The molecule has 5 aromatic rings. The predicted molar refractivity (Wildman–Crippen MR) is 265 cm³/mol. The Hall–Kier alpha value is -8.05. The summed E-state index contributed by atoms with van der Waals surface area (Å²) in [4.78, 5) is 50.9. The van der Waals surface area contributed by atoms with E-state index in [0.29, 0.717) is 22.4 Å². The molecule has 0 N–H and O–H groups in total. The molecule has 2 fully saturated rings. The number of benzene rings is 5. The Kier molecular flexibility index (Phi) is 20.4. The molecule has 10 atom stereocenters. The lowest BCUT2D eigenvalue weighted by Crippen LogP contribution is -2.67. The number of rotatable bonds is 22. The molecule has 21 nitrogen and oxygen atoms in total. The average Bonchev–Trinajstić information content (AvgIpc) is 3.45. The van der Waals surface area contributed by atoms with Crippen molar-refractivity contribution in [3.05, 3.63) is 188 Å². The summed E-state index contributed by atoms with van der Waals surface area (Å²) < 4.78 is 112. The zero-order valence-corrected chi connectivity index (χ0v) is 41.6. The van der Waals surface area contributed by atoms with Crippen LogP contribution in [0.1, 0.15) is 39.5 Å². The molecule has 2 heterocycles. The van der Waals surface area contributed by atoms with Crippen LogP contribution in [0.3, 0.4) is 0 Å². The predicted octanol–water partition coefficient (Wildman–Crippen LogP) is 9.35. The number of para-hydroxylation sites is 1. The normalized spacial score (nSPS) is 23.3. The summed E-state index contributed by atoms with van der Waals surface area (Å²) in [7, 11) is 2.53. The minimum atomic E-state index is -5.24. The first-order valence-electron chi connectivity index (χ1n) is 23.7. The number of ether oxygens (including phenoxy) is 11. The van der Waals surface area contributed by atoms with Gasteiger partial charge in [0.05, 0.1) is 58.4 Å². The fourth-order valence-electron chi connectivity index (χ4n) is 8.26. The van der Waals surface area contributed by atoms with Crippen LogP contribution in [0.15, 0.2) is 155 Å². The summed E-state index contributed by atoms with van der Waals surface area (Å²) >= 11 is 0. The molecule has 0 amide bonds. The van der Waals surface area contributed by atoms with Gasteiger partial charge in [0.15, 0.2) is 24.6 Å². The van der Waals surface area contributed by atoms with Crippen LogP contribution in [-0.2, 0) is 83.3 Å². The molecule has 2 saturated heterocycles. The SMILES string of the molecule is COC(=O)[C@H]1O[C@@H](O[C@H]2[C@H](OCc3ccccc3)[C@@H](N=[N+]=[N-])[C@@H](OC(=Nc3ccccc3)C(F)(F)F)O[C@@H]2COCc2ccc(OC)cc2)[C@H](OC(=O)c2ccccc2CN=[N+]=[N-])[C@@H](OCc2ccccc2)[C@@H]1OC(C)=O. The lowest BCUT2D eigenvalue weighted by molar-refractivity contribution is -0.346. The summed E-state index contributed by atoms with van der Waals surface area (Å²) in [6.45, 7) is -0.381. The number of carbonyl (C=O) groups excluding carboxylic acids is 3. The van der Waals surface area contributed by atoms with Crippen molar-refractivity contribution in [1.82, 2.24) is 0 Å². The van der Waals surface area contributed by atoms with E-state index in [1.807, 2.05) is 0 Å². The second-order valence-corrected chi connectivity index (χ2v) is 17.0. The maximum absolute atomic E-state index is 15.0. The minimum Gasteiger partial charge on any atom is -0.497 e. The van der Waals surface area contributed by atoms with Gasteiger partial charge in [-0.3, -0.25) is 4.79 Å². The number of carbonyl (C=O) groups is 3. The number of aliphatic imine (C=N–C) groups is 1. The molecule has 2 aliphatic rings. The molecular weight excluding hydrogens is 1020 g/mol. The zero-order valence-electron chi connectivity index (χ0n) is 41.6. The van der Waals surface area contributed by atoms with Gasteiger partial charge in [0.2, 0.25) is 6.29 Å². The molecular formula is C53H52F3N7O14. The van der Waals surface area contributed by atoms with Crippen molar-refractivity contribution < 1.29 is 79.7 Å². The molecule has 0 spiro atoms. The van der Waals surface area contributed by atoms with Crippen molar-refractivity contribution in [2.45, 2.75) is 101 Å². The van der Waals surface area contributed by atoms with Crippen LogP contribution in [-0.4, -0.2) is 112 Å². The van der Waals surface area contributed by atoms with Crippen molar-refractivity contribution in [1.29, 1.82) is 0 Å². The van der Waals surface area contributed by atoms with E-state index in [2.05, 4.69) is 25.0 Å². The fourth-order valence-corrected chi connectivity index (χ4v) is 8.26. The number of methoxy groups -OCH3 is 2. The van der Waals surface area contributed by atoms with Crippen LogP contribution in [0.25, 0.3) is 20.9 Å². The highest BCUT2D eigenvalue weighted by molar-refractivity contribution is 5.91.